The van der Waals surface area contributed by atoms with Crippen LogP contribution in [0.3, 0.4) is 0 Å². The highest BCUT2D eigenvalue weighted by Gasteiger charge is 2.19. The Kier molecular flexibility index (Phi) is 4.02. The number of aryl methyl sites for hydroxylation is 2. The van der Waals surface area contributed by atoms with Crippen molar-refractivity contribution >= 4 is 5.69 Å². The lowest BCUT2D eigenvalue weighted by Gasteiger charge is -2.28. The van der Waals surface area contributed by atoms with Crippen molar-refractivity contribution in [2.24, 2.45) is 0 Å². The van der Waals surface area contributed by atoms with E-state index in [1.165, 1.54) is 16.8 Å². The predicted octanol–water partition coefficient (Wildman–Crippen LogP) is 1.46. The summed E-state index contributed by atoms with van der Waals surface area (Å²) in [5, 5.41) is 12.7. The third-order valence-electron chi connectivity index (χ3n) is 3.45. The highest BCUT2D eigenvalue weighted by Crippen LogP contribution is 2.25. The predicted molar refractivity (Wildman–Crippen MR) is 71.6 cm³/mol. The Hall–Kier alpha value is -1.06. The Morgan fingerprint density at radius 3 is 2.71 bits per heavy atom. The number of rotatable bonds is 2. The minimum absolute atomic E-state index is 0.191. The summed E-state index contributed by atoms with van der Waals surface area (Å²) in [6.45, 7) is 7.48. The molecule has 1 aromatic carbocycles. The van der Waals surface area contributed by atoms with E-state index in [0.29, 0.717) is 0 Å². The van der Waals surface area contributed by atoms with E-state index in [-0.39, 0.29) is 12.6 Å². The van der Waals surface area contributed by atoms with Gasteiger partial charge in [0.15, 0.2) is 0 Å². The molecule has 0 radical (unpaired) electrons. The molecule has 1 aliphatic rings. The highest BCUT2D eigenvalue weighted by atomic mass is 16.3. The Labute approximate surface area is 103 Å². The van der Waals surface area contributed by atoms with E-state index >= 15 is 0 Å². The number of para-hydroxylation sites is 1. The van der Waals surface area contributed by atoms with Crippen LogP contribution in [0.1, 0.15) is 17.5 Å². The number of anilines is 1. The van der Waals surface area contributed by atoms with Gasteiger partial charge in [-0.05, 0) is 37.9 Å². The minimum Gasteiger partial charge on any atom is -0.395 e. The first-order valence-electron chi connectivity index (χ1n) is 6.38. The molecule has 1 atom stereocenters. The van der Waals surface area contributed by atoms with E-state index in [2.05, 4.69) is 42.3 Å². The van der Waals surface area contributed by atoms with E-state index in [4.69, 9.17) is 0 Å². The summed E-state index contributed by atoms with van der Waals surface area (Å²) in [6, 6.07) is 6.62. The first-order chi connectivity index (χ1) is 8.22. The molecule has 1 aliphatic heterocycles. The molecule has 3 heteroatoms. The van der Waals surface area contributed by atoms with Gasteiger partial charge in [-0.25, -0.2) is 0 Å². The van der Waals surface area contributed by atoms with Crippen molar-refractivity contribution < 1.29 is 5.11 Å². The zero-order chi connectivity index (χ0) is 12.3. The van der Waals surface area contributed by atoms with Crippen LogP contribution in [0.5, 0.6) is 0 Å². The second-order valence-corrected chi connectivity index (χ2v) is 4.87. The number of hydrogen-bond donors (Lipinski definition) is 2. The van der Waals surface area contributed by atoms with Gasteiger partial charge in [0, 0.05) is 24.8 Å². The van der Waals surface area contributed by atoms with Crippen LogP contribution in [0, 0.1) is 13.8 Å². The molecule has 0 saturated carbocycles. The number of nitrogens with zero attached hydrogens (tertiary/aromatic N) is 1. The number of nitrogens with one attached hydrogen (secondary N) is 1. The normalized spacial score (nSPS) is 21.4. The molecular weight excluding hydrogens is 212 g/mol. The van der Waals surface area contributed by atoms with Gasteiger partial charge in [0.2, 0.25) is 0 Å². The molecule has 0 amide bonds. The summed E-state index contributed by atoms with van der Waals surface area (Å²) in [5.41, 5.74) is 3.99. The molecule has 2 N–H and O–H groups in total. The second-order valence-electron chi connectivity index (χ2n) is 4.87. The first-order valence-corrected chi connectivity index (χ1v) is 6.38. The van der Waals surface area contributed by atoms with Gasteiger partial charge in [-0.2, -0.15) is 0 Å². The molecule has 3 nitrogen and oxygen atoms in total. The molecular formula is C14H22N2O. The van der Waals surface area contributed by atoms with E-state index in [1.54, 1.807) is 0 Å². The fraction of sp³-hybridized carbons (Fsp3) is 0.571. The van der Waals surface area contributed by atoms with Gasteiger partial charge < -0.3 is 15.3 Å². The fourth-order valence-electron chi connectivity index (χ4n) is 2.63. The second kappa shape index (κ2) is 5.52. The maximum absolute atomic E-state index is 9.33. The van der Waals surface area contributed by atoms with Gasteiger partial charge >= 0.3 is 0 Å². The van der Waals surface area contributed by atoms with E-state index < -0.39 is 0 Å². The van der Waals surface area contributed by atoms with Gasteiger partial charge in [0.05, 0.1) is 6.61 Å². The number of aliphatic hydroxyl groups excluding tert-OH is 1. The van der Waals surface area contributed by atoms with Gasteiger partial charge in [-0.15, -0.1) is 0 Å². The van der Waals surface area contributed by atoms with Gasteiger partial charge in [-0.3, -0.25) is 0 Å². The third kappa shape index (κ3) is 2.79. The molecule has 17 heavy (non-hydrogen) atoms. The van der Waals surface area contributed by atoms with Crippen molar-refractivity contribution in [3.8, 4) is 0 Å². The van der Waals surface area contributed by atoms with Crippen molar-refractivity contribution in [1.82, 2.24) is 5.32 Å². The van der Waals surface area contributed by atoms with Crippen LogP contribution in [-0.2, 0) is 0 Å². The quantitative estimate of drug-likeness (QED) is 0.813. The lowest BCUT2D eigenvalue weighted by molar-refractivity contribution is 0.248. The van der Waals surface area contributed by atoms with E-state index in [0.717, 1.165) is 26.1 Å². The highest BCUT2D eigenvalue weighted by molar-refractivity contribution is 5.59. The Morgan fingerprint density at radius 1 is 1.35 bits per heavy atom. The summed E-state index contributed by atoms with van der Waals surface area (Å²) in [5.74, 6) is 0. The maximum Gasteiger partial charge on any atom is 0.0601 e. The van der Waals surface area contributed by atoms with Crippen molar-refractivity contribution in [1.29, 1.82) is 0 Å². The lowest BCUT2D eigenvalue weighted by Crippen LogP contribution is -2.40. The lowest BCUT2D eigenvalue weighted by atomic mass is 10.1. The van der Waals surface area contributed by atoms with Crippen LogP contribution < -0.4 is 10.2 Å². The molecule has 1 unspecified atom stereocenters. The average molecular weight is 234 g/mol. The van der Waals surface area contributed by atoms with E-state index in [9.17, 15) is 5.11 Å². The number of aliphatic hydroxyl groups is 1. The SMILES string of the molecule is Cc1cccc(C)c1N1CCCNC(CO)C1. The minimum atomic E-state index is 0.191. The molecule has 1 heterocycles. The van der Waals surface area contributed by atoms with Gasteiger partial charge in [0.25, 0.3) is 0 Å². The average Bonchev–Trinajstić information content (AvgIpc) is 2.54. The summed E-state index contributed by atoms with van der Waals surface area (Å²) in [4.78, 5) is 2.41. The summed E-state index contributed by atoms with van der Waals surface area (Å²) in [7, 11) is 0. The van der Waals surface area contributed by atoms with Crippen molar-refractivity contribution in [3.63, 3.8) is 0 Å². The Morgan fingerprint density at radius 2 is 2.06 bits per heavy atom. The summed E-state index contributed by atoms with van der Waals surface area (Å²) in [6.07, 6.45) is 1.13. The van der Waals surface area contributed by atoms with E-state index in [1.807, 2.05) is 0 Å². The third-order valence-corrected chi connectivity index (χ3v) is 3.45. The Bertz CT molecular complexity index is 358. The van der Waals surface area contributed by atoms with Crippen LogP contribution in [-0.4, -0.2) is 37.4 Å². The first kappa shape index (κ1) is 12.4. The topological polar surface area (TPSA) is 35.5 Å². The Balaban J connectivity index is 2.25. The molecule has 0 aliphatic carbocycles. The molecule has 2 rings (SSSR count). The molecule has 94 valence electrons. The van der Waals surface area contributed by atoms with Crippen LogP contribution in [0.15, 0.2) is 18.2 Å². The maximum atomic E-state index is 9.33. The standard InChI is InChI=1S/C14H22N2O/c1-11-5-3-6-12(2)14(11)16-8-4-7-15-13(9-16)10-17/h3,5-6,13,15,17H,4,7-10H2,1-2H3. The van der Waals surface area contributed by atoms with Crippen LogP contribution in [0.4, 0.5) is 5.69 Å². The van der Waals surface area contributed by atoms with Gasteiger partial charge in [0.1, 0.15) is 0 Å². The molecule has 1 fully saturated rings. The summed E-state index contributed by atoms with van der Waals surface area (Å²) >= 11 is 0. The van der Waals surface area contributed by atoms with Crippen molar-refractivity contribution in [2.75, 3.05) is 31.1 Å². The number of benzene rings is 1. The monoisotopic (exact) mass is 234 g/mol. The van der Waals surface area contributed by atoms with Crippen molar-refractivity contribution in [3.05, 3.63) is 29.3 Å². The smallest absolute Gasteiger partial charge is 0.0601 e. The van der Waals surface area contributed by atoms with Crippen LogP contribution >= 0.6 is 0 Å². The molecule has 1 saturated heterocycles. The zero-order valence-electron chi connectivity index (χ0n) is 10.7. The number of hydrogen-bond acceptors (Lipinski definition) is 3. The fourth-order valence-corrected chi connectivity index (χ4v) is 2.63. The largest absolute Gasteiger partial charge is 0.395 e. The molecule has 1 aromatic rings. The van der Waals surface area contributed by atoms with Crippen LogP contribution in [0.25, 0.3) is 0 Å². The van der Waals surface area contributed by atoms with Crippen molar-refractivity contribution in [2.45, 2.75) is 26.3 Å². The molecule has 0 bridgehead atoms. The summed E-state index contributed by atoms with van der Waals surface area (Å²) < 4.78 is 0. The molecule has 0 aromatic heterocycles. The van der Waals surface area contributed by atoms with Crippen LogP contribution in [0.2, 0.25) is 0 Å². The van der Waals surface area contributed by atoms with Gasteiger partial charge in [-0.1, -0.05) is 18.2 Å². The molecule has 0 spiro atoms. The zero-order valence-corrected chi connectivity index (χ0v) is 10.7.